The van der Waals surface area contributed by atoms with E-state index in [2.05, 4.69) is 11.9 Å². The van der Waals surface area contributed by atoms with Crippen molar-refractivity contribution in [1.29, 1.82) is 0 Å². The van der Waals surface area contributed by atoms with Gasteiger partial charge in [0.15, 0.2) is 10.6 Å². The van der Waals surface area contributed by atoms with Gasteiger partial charge in [-0.15, -0.1) is 11.3 Å². The minimum Gasteiger partial charge on any atom is -0.494 e. The third-order valence-corrected chi connectivity index (χ3v) is 7.01. The van der Waals surface area contributed by atoms with Crippen molar-refractivity contribution in [2.75, 3.05) is 11.5 Å². The van der Waals surface area contributed by atoms with Crippen LogP contribution >= 0.6 is 11.3 Å². The Kier molecular flexibility index (Phi) is 5.50. The van der Waals surface area contributed by atoms with Crippen LogP contribution in [-0.2, 0) is 0 Å². The highest BCUT2D eigenvalue weighted by Crippen LogP contribution is 2.43. The number of aryl methyl sites for hydroxylation is 2. The lowest BCUT2D eigenvalue weighted by Crippen LogP contribution is -2.29. The van der Waals surface area contributed by atoms with Crippen molar-refractivity contribution in [2.45, 2.75) is 39.7 Å². The molecule has 2 aromatic heterocycles. The quantitative estimate of drug-likeness (QED) is 0.340. The van der Waals surface area contributed by atoms with Crippen LogP contribution < -0.4 is 15.1 Å². The first kappa shape index (κ1) is 21.4. The van der Waals surface area contributed by atoms with Crippen LogP contribution in [0.1, 0.15) is 58.1 Å². The Balaban J connectivity index is 1.71. The van der Waals surface area contributed by atoms with Gasteiger partial charge in [0.25, 0.3) is 5.91 Å². The van der Waals surface area contributed by atoms with E-state index in [-0.39, 0.29) is 17.1 Å². The third-order valence-electron chi connectivity index (χ3n) is 5.94. The van der Waals surface area contributed by atoms with Crippen LogP contribution in [0.2, 0.25) is 0 Å². The molecule has 1 unspecified atom stereocenters. The van der Waals surface area contributed by atoms with Crippen LogP contribution in [0.3, 0.4) is 0 Å². The van der Waals surface area contributed by atoms with Gasteiger partial charge in [-0.25, -0.2) is 4.98 Å². The molecular weight excluding hydrogens is 436 g/mol. The lowest BCUT2D eigenvalue weighted by Gasteiger charge is -2.23. The molecule has 1 aliphatic heterocycles. The molecule has 33 heavy (non-hydrogen) atoms. The Bertz CT molecular complexity index is 1400. The summed E-state index contributed by atoms with van der Waals surface area (Å²) in [6.07, 6.45) is 1.99. The van der Waals surface area contributed by atoms with Crippen LogP contribution in [0, 0.1) is 13.8 Å². The fourth-order valence-corrected chi connectivity index (χ4v) is 5.04. The van der Waals surface area contributed by atoms with Gasteiger partial charge < -0.3 is 9.15 Å². The van der Waals surface area contributed by atoms with Crippen molar-refractivity contribution in [3.8, 4) is 5.75 Å². The smallest absolute Gasteiger partial charge is 0.297 e. The van der Waals surface area contributed by atoms with Crippen molar-refractivity contribution in [2.24, 2.45) is 0 Å². The molecule has 0 fully saturated rings. The molecule has 5 rings (SSSR count). The molecule has 1 amide bonds. The average Bonchev–Trinajstić information content (AvgIpc) is 3.30. The largest absolute Gasteiger partial charge is 0.494 e. The van der Waals surface area contributed by atoms with E-state index in [0.29, 0.717) is 34.0 Å². The van der Waals surface area contributed by atoms with Crippen LogP contribution in [0.15, 0.2) is 57.7 Å². The molecule has 0 radical (unpaired) electrons. The number of rotatable bonds is 6. The highest BCUT2D eigenvalue weighted by molar-refractivity contribution is 7.15. The Labute approximate surface area is 195 Å². The van der Waals surface area contributed by atoms with E-state index in [9.17, 15) is 9.59 Å². The summed E-state index contributed by atoms with van der Waals surface area (Å²) >= 11 is 1.43. The first-order valence-electron chi connectivity index (χ1n) is 11.1. The number of para-hydroxylation sites is 1. The van der Waals surface area contributed by atoms with Gasteiger partial charge in [-0.05, 0) is 50.1 Å². The second-order valence-electron chi connectivity index (χ2n) is 8.16. The monoisotopic (exact) mass is 460 g/mol. The molecule has 0 N–H and O–H groups in total. The molecule has 0 saturated carbocycles. The van der Waals surface area contributed by atoms with E-state index in [1.165, 1.54) is 11.3 Å². The van der Waals surface area contributed by atoms with Gasteiger partial charge >= 0.3 is 0 Å². The van der Waals surface area contributed by atoms with Gasteiger partial charge in [0.05, 0.1) is 29.3 Å². The first-order chi connectivity index (χ1) is 16.0. The van der Waals surface area contributed by atoms with Crippen LogP contribution in [0.4, 0.5) is 5.13 Å². The summed E-state index contributed by atoms with van der Waals surface area (Å²) in [5.41, 5.74) is 2.19. The summed E-state index contributed by atoms with van der Waals surface area (Å²) < 4.78 is 11.9. The SMILES string of the molecule is CCCCOc1cccc(C2c3c(oc4ccccc4c3=O)C(=O)N2c2nc(C)c(C)s2)c1. The number of ether oxygens (including phenoxy) is 1. The van der Waals surface area contributed by atoms with E-state index in [4.69, 9.17) is 9.15 Å². The molecule has 0 aliphatic carbocycles. The Hall–Kier alpha value is -3.45. The number of fused-ring (bicyclic) bond motifs is 2. The molecule has 3 heterocycles. The van der Waals surface area contributed by atoms with Gasteiger partial charge in [0.2, 0.25) is 5.76 Å². The molecule has 0 bridgehead atoms. The Morgan fingerprint density at radius 2 is 1.94 bits per heavy atom. The van der Waals surface area contributed by atoms with Crippen LogP contribution in [-0.4, -0.2) is 17.5 Å². The standard InChI is InChI=1S/C26H24N2O4S/c1-4-5-13-31-18-10-8-9-17(14-18)22-21-23(29)19-11-6-7-12-20(19)32-24(21)25(30)28(22)26-27-15(2)16(3)33-26/h6-12,14,22H,4-5,13H2,1-3H3. The maximum absolute atomic E-state index is 13.6. The maximum atomic E-state index is 13.6. The summed E-state index contributed by atoms with van der Waals surface area (Å²) in [5.74, 6) is 0.425. The van der Waals surface area contributed by atoms with Gasteiger partial charge in [0, 0.05) is 4.88 Å². The number of aromatic nitrogens is 1. The second-order valence-corrected chi connectivity index (χ2v) is 9.34. The molecular formula is C26H24N2O4S. The summed E-state index contributed by atoms with van der Waals surface area (Å²) in [6, 6.07) is 14.0. The molecule has 4 aromatic rings. The lowest BCUT2D eigenvalue weighted by atomic mass is 9.98. The molecule has 0 saturated heterocycles. The number of carbonyl (C=O) groups excluding carboxylic acids is 1. The van der Waals surface area contributed by atoms with E-state index in [1.807, 2.05) is 38.1 Å². The van der Waals surface area contributed by atoms with Crippen molar-refractivity contribution in [1.82, 2.24) is 4.98 Å². The number of benzene rings is 2. The van der Waals surface area contributed by atoms with Crippen LogP contribution in [0.5, 0.6) is 5.75 Å². The predicted molar refractivity (Wildman–Crippen MR) is 130 cm³/mol. The van der Waals surface area contributed by atoms with Gasteiger partial charge in [-0.2, -0.15) is 0 Å². The summed E-state index contributed by atoms with van der Waals surface area (Å²) in [6.45, 7) is 6.61. The predicted octanol–water partition coefficient (Wildman–Crippen LogP) is 5.80. The number of hydrogen-bond donors (Lipinski definition) is 0. The minimum absolute atomic E-state index is 0.0755. The fraction of sp³-hybridized carbons (Fsp3) is 0.269. The number of anilines is 1. The normalized spacial score (nSPS) is 15.3. The number of thiazole rings is 1. The maximum Gasteiger partial charge on any atom is 0.297 e. The minimum atomic E-state index is -0.645. The summed E-state index contributed by atoms with van der Waals surface area (Å²) in [7, 11) is 0. The number of unbranched alkanes of at least 4 members (excludes halogenated alkanes) is 1. The average molecular weight is 461 g/mol. The van der Waals surface area contributed by atoms with Gasteiger partial charge in [-0.1, -0.05) is 37.6 Å². The van der Waals surface area contributed by atoms with E-state index >= 15 is 0 Å². The molecule has 7 heteroatoms. The Morgan fingerprint density at radius 1 is 1.12 bits per heavy atom. The zero-order chi connectivity index (χ0) is 23.1. The molecule has 0 spiro atoms. The molecule has 1 aliphatic rings. The fourth-order valence-electron chi connectivity index (χ4n) is 4.10. The number of carbonyl (C=O) groups is 1. The molecule has 6 nitrogen and oxygen atoms in total. The molecule has 168 valence electrons. The number of amides is 1. The van der Waals surface area contributed by atoms with E-state index < -0.39 is 6.04 Å². The van der Waals surface area contributed by atoms with Crippen LogP contribution in [0.25, 0.3) is 11.0 Å². The van der Waals surface area contributed by atoms with Crippen molar-refractivity contribution in [3.05, 3.63) is 86.2 Å². The zero-order valence-corrected chi connectivity index (χ0v) is 19.6. The first-order valence-corrected chi connectivity index (χ1v) is 11.9. The highest BCUT2D eigenvalue weighted by atomic mass is 32.1. The lowest BCUT2D eigenvalue weighted by molar-refractivity contribution is 0.0971. The van der Waals surface area contributed by atoms with Crippen molar-refractivity contribution in [3.63, 3.8) is 0 Å². The molecule has 2 aromatic carbocycles. The van der Waals surface area contributed by atoms with Gasteiger partial charge in [-0.3, -0.25) is 14.5 Å². The summed E-state index contributed by atoms with van der Waals surface area (Å²) in [4.78, 5) is 34.5. The topological polar surface area (TPSA) is 72.6 Å². The van der Waals surface area contributed by atoms with Crippen molar-refractivity contribution >= 4 is 33.3 Å². The molecule has 1 atom stereocenters. The second kappa shape index (κ2) is 8.48. The number of nitrogens with zero attached hydrogens (tertiary/aromatic N) is 2. The zero-order valence-electron chi connectivity index (χ0n) is 18.8. The van der Waals surface area contributed by atoms with Gasteiger partial charge in [0.1, 0.15) is 11.3 Å². The van der Waals surface area contributed by atoms with E-state index in [0.717, 1.165) is 29.0 Å². The third kappa shape index (κ3) is 3.62. The summed E-state index contributed by atoms with van der Waals surface area (Å²) in [5, 5.41) is 1.00. The number of hydrogen-bond acceptors (Lipinski definition) is 6. The Morgan fingerprint density at radius 3 is 2.70 bits per heavy atom. The van der Waals surface area contributed by atoms with E-state index in [1.54, 1.807) is 29.2 Å². The van der Waals surface area contributed by atoms with Crippen molar-refractivity contribution < 1.29 is 13.9 Å². The highest BCUT2D eigenvalue weighted by Gasteiger charge is 2.45.